The minimum absolute atomic E-state index is 0. The maximum atomic E-state index is 2.56. The van der Waals surface area contributed by atoms with Crippen LogP contribution in [0, 0.1) is 81.3 Å². The monoisotopic (exact) mass is 859 g/mol. The zero-order valence-electron chi connectivity index (χ0n) is 45.7. The molecule has 0 amide bonds. The molecule has 2 heteroatoms. The predicted octanol–water partition coefficient (Wildman–Crippen LogP) is 18.8. The molecule has 61 heavy (non-hydrogen) atoms. The third kappa shape index (κ3) is 24.3. The van der Waals surface area contributed by atoms with Crippen LogP contribution in [-0.2, 0) is 0 Å². The Morgan fingerprint density at radius 3 is 1.20 bits per heavy atom. The van der Waals surface area contributed by atoms with E-state index >= 15 is 0 Å². The molecule has 4 saturated carbocycles. The van der Waals surface area contributed by atoms with Crippen molar-refractivity contribution in [1.29, 1.82) is 0 Å². The quantitative estimate of drug-likeness (QED) is 0.240. The molecule has 6 aliphatic rings. The Labute approximate surface area is 389 Å². The summed E-state index contributed by atoms with van der Waals surface area (Å²) in [6.45, 7) is 54.5. The Hall–Kier alpha value is -0.0800. The third-order valence-corrected chi connectivity index (χ3v) is 17.1. The number of rotatable bonds is 8. The lowest BCUT2D eigenvalue weighted by atomic mass is 9.75. The molecular weight excluding hydrogens is 737 g/mol. The lowest BCUT2D eigenvalue weighted by Crippen LogP contribution is -2.29. The maximum Gasteiger partial charge on any atom is 0.00388 e. The summed E-state index contributed by atoms with van der Waals surface area (Å²) >= 11 is 0. The van der Waals surface area contributed by atoms with Crippen LogP contribution in [0.3, 0.4) is 0 Å². The first-order chi connectivity index (χ1) is 27.7. The molecule has 2 saturated heterocycles. The van der Waals surface area contributed by atoms with Crippen LogP contribution < -0.4 is 0 Å². The topological polar surface area (TPSA) is 6.48 Å². The average molecular weight is 860 g/mol. The van der Waals surface area contributed by atoms with Crippen LogP contribution >= 0.6 is 0 Å². The molecule has 7 unspecified atom stereocenters. The Morgan fingerprint density at radius 1 is 0.475 bits per heavy atom. The van der Waals surface area contributed by atoms with Gasteiger partial charge in [0, 0.05) is 25.2 Å². The smallest absolute Gasteiger partial charge is 0.00388 e. The van der Waals surface area contributed by atoms with Gasteiger partial charge in [0.25, 0.3) is 0 Å². The maximum absolute atomic E-state index is 2.56. The Kier molecular flexibility index (Phi) is 29.5. The minimum atomic E-state index is 0. The van der Waals surface area contributed by atoms with E-state index in [1.165, 1.54) is 135 Å². The van der Waals surface area contributed by atoms with Gasteiger partial charge in [-0.05, 0) is 173 Å². The lowest BCUT2D eigenvalue weighted by molar-refractivity contribution is 0.211. The van der Waals surface area contributed by atoms with E-state index in [9.17, 15) is 0 Å². The first-order valence-corrected chi connectivity index (χ1v) is 27.2. The van der Waals surface area contributed by atoms with Crippen LogP contribution in [0.15, 0.2) is 0 Å². The summed E-state index contributed by atoms with van der Waals surface area (Å²) in [5.41, 5.74) is 1.80. The molecule has 0 aromatic rings. The molecule has 6 fully saturated rings. The van der Waals surface area contributed by atoms with Crippen LogP contribution in [0.4, 0.5) is 0 Å². The van der Waals surface area contributed by atoms with E-state index in [1.807, 2.05) is 0 Å². The number of likely N-dealkylation sites (tertiary alicyclic amines) is 2. The molecule has 2 nitrogen and oxygen atoms in total. The second kappa shape index (κ2) is 29.5. The van der Waals surface area contributed by atoms with Gasteiger partial charge in [0.05, 0.1) is 0 Å². The van der Waals surface area contributed by atoms with E-state index in [2.05, 4.69) is 155 Å². The molecule has 0 bridgehead atoms. The van der Waals surface area contributed by atoms with Gasteiger partial charge in [-0.25, -0.2) is 0 Å². The molecule has 2 heterocycles. The standard InChI is InChI=1S/C11H22.2C10H20.2C9H19N.C9H18.CH4/c1-4-10-6-5-7-11(8-10)9(2)3;1-8(2)9-5-6-10(3,4)7-9;1-4-9-6-5-7-10(9)8(2)3;2*1-8(2)10-6-5-9(3,4)7-10;1-7(2)9-6-4-5-8(9)3;/h9-11H,4-8H2,1-3H3;8-9H,5-7H2,1-4H3;8-10H,4-7H2,1-3H3;2*8H,5-7H2,1-4H3;7-9H,4-6H2,1-3H3;1H4. The summed E-state index contributed by atoms with van der Waals surface area (Å²) < 4.78 is 0. The van der Waals surface area contributed by atoms with Gasteiger partial charge in [-0.1, -0.05) is 183 Å². The van der Waals surface area contributed by atoms with Crippen molar-refractivity contribution in [2.75, 3.05) is 26.2 Å². The molecule has 0 N–H and O–H groups in total. The highest BCUT2D eigenvalue weighted by molar-refractivity contribution is 4.86. The lowest BCUT2D eigenvalue weighted by Gasteiger charge is -2.30. The zero-order chi connectivity index (χ0) is 46.0. The summed E-state index contributed by atoms with van der Waals surface area (Å²) in [5.74, 6) is 10.9. The summed E-state index contributed by atoms with van der Waals surface area (Å²) in [4.78, 5) is 5.11. The molecule has 368 valence electrons. The van der Waals surface area contributed by atoms with Gasteiger partial charge in [-0.2, -0.15) is 0 Å². The van der Waals surface area contributed by atoms with E-state index in [4.69, 9.17) is 0 Å². The number of nitrogens with zero attached hydrogens (tertiary/aromatic N) is 2. The average Bonchev–Trinajstić information content (AvgIpc) is 4.01. The van der Waals surface area contributed by atoms with E-state index in [0.717, 1.165) is 77.2 Å². The Morgan fingerprint density at radius 2 is 0.934 bits per heavy atom. The van der Waals surface area contributed by atoms with Gasteiger partial charge in [-0.15, -0.1) is 0 Å². The van der Waals surface area contributed by atoms with Gasteiger partial charge in [0.2, 0.25) is 0 Å². The van der Waals surface area contributed by atoms with Crippen molar-refractivity contribution < 1.29 is 0 Å². The first kappa shape index (κ1) is 60.9. The van der Waals surface area contributed by atoms with Crippen LogP contribution in [0.5, 0.6) is 0 Å². The van der Waals surface area contributed by atoms with E-state index < -0.39 is 0 Å². The molecule has 7 atom stereocenters. The van der Waals surface area contributed by atoms with Gasteiger partial charge >= 0.3 is 0 Å². The molecule has 0 spiro atoms. The molecule has 4 aliphatic carbocycles. The predicted molar refractivity (Wildman–Crippen MR) is 281 cm³/mol. The van der Waals surface area contributed by atoms with Gasteiger partial charge in [-0.3, -0.25) is 0 Å². The SMILES string of the molecule is C.CC(C)C1CCC(C)(C)C1.CC(C)C1CCCC1C.CC(C)N1CCC(C)(C)C1.CC(C)N1CCC(C)(C)C1.CCC1CCCC(C(C)C)C1.CCC1CCCC1C(C)C. The van der Waals surface area contributed by atoms with Crippen molar-refractivity contribution in [3.8, 4) is 0 Å². The summed E-state index contributed by atoms with van der Waals surface area (Å²) in [7, 11) is 0. The molecule has 0 aromatic carbocycles. The second-order valence-electron chi connectivity index (χ2n) is 26.1. The third-order valence-electron chi connectivity index (χ3n) is 17.1. The van der Waals surface area contributed by atoms with Crippen molar-refractivity contribution in [3.05, 3.63) is 0 Å². The fourth-order valence-electron chi connectivity index (χ4n) is 12.2. The normalized spacial score (nSPS) is 30.4. The molecular formula is C59H122N2. The van der Waals surface area contributed by atoms with E-state index in [0.29, 0.717) is 16.2 Å². The first-order valence-electron chi connectivity index (χ1n) is 27.2. The summed E-state index contributed by atoms with van der Waals surface area (Å²) in [6, 6.07) is 1.48. The summed E-state index contributed by atoms with van der Waals surface area (Å²) in [5, 5.41) is 0. The van der Waals surface area contributed by atoms with Gasteiger partial charge in [0.1, 0.15) is 0 Å². The fourth-order valence-corrected chi connectivity index (χ4v) is 12.2. The highest BCUT2D eigenvalue weighted by Gasteiger charge is 2.33. The highest BCUT2D eigenvalue weighted by atomic mass is 15.2. The molecule has 0 aromatic heterocycles. The summed E-state index contributed by atoms with van der Waals surface area (Å²) in [6.07, 6.45) is 24.8. The van der Waals surface area contributed by atoms with E-state index in [1.54, 1.807) is 0 Å². The number of hydrogen-bond acceptors (Lipinski definition) is 2. The second-order valence-corrected chi connectivity index (χ2v) is 26.1. The Bertz CT molecular complexity index is 991. The van der Waals surface area contributed by atoms with Gasteiger partial charge < -0.3 is 9.80 Å². The highest BCUT2D eigenvalue weighted by Crippen LogP contribution is 2.44. The Balaban J connectivity index is 0.000000706. The number of hydrogen-bond donors (Lipinski definition) is 0. The van der Waals surface area contributed by atoms with Crippen molar-refractivity contribution >= 4 is 0 Å². The van der Waals surface area contributed by atoms with Gasteiger partial charge in [0.15, 0.2) is 0 Å². The van der Waals surface area contributed by atoms with E-state index in [-0.39, 0.29) is 7.43 Å². The minimum Gasteiger partial charge on any atom is -0.300 e. The van der Waals surface area contributed by atoms with Crippen molar-refractivity contribution in [2.45, 2.75) is 274 Å². The largest absolute Gasteiger partial charge is 0.300 e. The fraction of sp³-hybridized carbons (Fsp3) is 1.00. The van der Waals surface area contributed by atoms with Crippen LogP contribution in [-0.4, -0.2) is 48.1 Å². The molecule has 2 aliphatic heterocycles. The van der Waals surface area contributed by atoms with Crippen molar-refractivity contribution in [2.24, 2.45) is 81.3 Å². The van der Waals surface area contributed by atoms with Crippen LogP contribution in [0.25, 0.3) is 0 Å². The van der Waals surface area contributed by atoms with Crippen LogP contribution in [0.1, 0.15) is 262 Å². The van der Waals surface area contributed by atoms with Crippen LogP contribution in [0.2, 0.25) is 0 Å². The molecule has 0 radical (unpaired) electrons. The molecule has 6 rings (SSSR count). The van der Waals surface area contributed by atoms with Crippen molar-refractivity contribution in [3.63, 3.8) is 0 Å². The zero-order valence-corrected chi connectivity index (χ0v) is 45.7. The van der Waals surface area contributed by atoms with Crippen molar-refractivity contribution in [1.82, 2.24) is 9.80 Å².